The van der Waals surface area contributed by atoms with E-state index in [1.165, 1.54) is 6.33 Å². The van der Waals surface area contributed by atoms with Crippen LogP contribution in [-0.4, -0.2) is 57.4 Å². The van der Waals surface area contributed by atoms with E-state index in [0.29, 0.717) is 32.1 Å². The van der Waals surface area contributed by atoms with Crippen LogP contribution in [0, 0.1) is 17.8 Å². The van der Waals surface area contributed by atoms with Crippen LogP contribution < -0.4 is 10.5 Å². The Morgan fingerprint density at radius 3 is 2.40 bits per heavy atom. The maximum atomic E-state index is 12.6. The van der Waals surface area contributed by atoms with Crippen molar-refractivity contribution in [2.75, 3.05) is 32.0 Å². The zero-order valence-electron chi connectivity index (χ0n) is 24.9. The lowest BCUT2D eigenvalue weighted by Gasteiger charge is -2.31. The van der Waals surface area contributed by atoms with E-state index < -0.39 is 5.60 Å². The molecule has 6 rings (SSSR count). The molecule has 2 fully saturated rings. The van der Waals surface area contributed by atoms with Crippen molar-refractivity contribution < 1.29 is 19.0 Å². The summed E-state index contributed by atoms with van der Waals surface area (Å²) in [5, 5.41) is 0.787. The van der Waals surface area contributed by atoms with Crippen LogP contribution in [0.3, 0.4) is 0 Å². The number of piperidine rings is 1. The third-order valence-corrected chi connectivity index (χ3v) is 7.75. The van der Waals surface area contributed by atoms with Crippen molar-refractivity contribution in [1.82, 2.24) is 19.4 Å². The third kappa shape index (κ3) is 6.30. The number of hydrogen-bond donors (Lipinski definition) is 1. The Morgan fingerprint density at radius 1 is 1.00 bits per heavy atom. The Labute approximate surface area is 252 Å². The molecule has 0 spiro atoms. The number of nitrogen functional groups attached to an aromatic ring is 1. The van der Waals surface area contributed by atoms with Crippen molar-refractivity contribution >= 4 is 22.9 Å². The minimum absolute atomic E-state index is 0.0875. The minimum Gasteiger partial charge on any atom is -0.457 e. The van der Waals surface area contributed by atoms with Crippen LogP contribution >= 0.6 is 0 Å². The van der Waals surface area contributed by atoms with Gasteiger partial charge in [0.25, 0.3) is 0 Å². The molecule has 4 heterocycles. The van der Waals surface area contributed by atoms with Gasteiger partial charge in [-0.2, -0.15) is 0 Å². The lowest BCUT2D eigenvalue weighted by Crippen LogP contribution is -2.41. The normalized spacial score (nSPS) is 17.5. The van der Waals surface area contributed by atoms with Gasteiger partial charge in [0.05, 0.1) is 18.0 Å². The van der Waals surface area contributed by atoms with Crippen LogP contribution in [0.4, 0.5) is 10.6 Å². The molecule has 2 aromatic carbocycles. The fraction of sp³-hybridized carbons (Fsp3) is 0.382. The largest absolute Gasteiger partial charge is 0.457 e. The predicted molar refractivity (Wildman–Crippen MR) is 166 cm³/mol. The molecule has 2 aliphatic rings. The van der Waals surface area contributed by atoms with Crippen LogP contribution in [0.25, 0.3) is 22.2 Å². The highest BCUT2D eigenvalue weighted by molar-refractivity contribution is 6.03. The van der Waals surface area contributed by atoms with E-state index in [2.05, 4.69) is 26.4 Å². The molecule has 0 aliphatic carbocycles. The Morgan fingerprint density at radius 2 is 1.72 bits per heavy atom. The van der Waals surface area contributed by atoms with Gasteiger partial charge in [-0.3, -0.25) is 0 Å². The highest BCUT2D eigenvalue weighted by Crippen LogP contribution is 2.40. The zero-order chi connectivity index (χ0) is 30.0. The highest BCUT2D eigenvalue weighted by atomic mass is 16.6. The van der Waals surface area contributed by atoms with Crippen molar-refractivity contribution in [3.8, 4) is 34.5 Å². The summed E-state index contributed by atoms with van der Waals surface area (Å²) in [7, 11) is 0. The fourth-order valence-corrected chi connectivity index (χ4v) is 5.66. The van der Waals surface area contributed by atoms with Crippen LogP contribution in [0.15, 0.2) is 60.9 Å². The number of anilines is 1. The number of carbonyl (C=O) groups is 1. The first-order chi connectivity index (χ1) is 20.8. The first-order valence-electron chi connectivity index (χ1n) is 14.8. The van der Waals surface area contributed by atoms with Crippen LogP contribution in [0.1, 0.15) is 51.8 Å². The maximum absolute atomic E-state index is 12.6. The monoisotopic (exact) mass is 579 g/mol. The van der Waals surface area contributed by atoms with Gasteiger partial charge in [-0.25, -0.2) is 14.8 Å². The number of likely N-dealkylation sites (tertiary alicyclic amines) is 1. The number of para-hydroxylation sites is 1. The summed E-state index contributed by atoms with van der Waals surface area (Å²) in [5.41, 5.74) is 9.47. The summed E-state index contributed by atoms with van der Waals surface area (Å²) in [6.07, 6.45) is 3.66. The first kappa shape index (κ1) is 28.6. The summed E-state index contributed by atoms with van der Waals surface area (Å²) < 4.78 is 19.6. The van der Waals surface area contributed by atoms with Crippen molar-refractivity contribution in [1.29, 1.82) is 0 Å². The number of carbonyl (C=O) groups excluding carboxylic acids is 1. The van der Waals surface area contributed by atoms with E-state index in [-0.39, 0.29) is 18.1 Å². The molecule has 2 aliphatic heterocycles. The number of benzene rings is 2. The summed E-state index contributed by atoms with van der Waals surface area (Å²) in [5.74, 6) is 9.15. The van der Waals surface area contributed by atoms with Gasteiger partial charge in [0.1, 0.15) is 40.6 Å². The van der Waals surface area contributed by atoms with Crippen molar-refractivity contribution in [3.05, 3.63) is 66.6 Å². The molecule has 0 saturated carbocycles. The Hall–Kier alpha value is -4.55. The van der Waals surface area contributed by atoms with Crippen molar-refractivity contribution in [3.63, 3.8) is 0 Å². The highest BCUT2D eigenvalue weighted by Gasteiger charge is 2.29. The molecule has 43 heavy (non-hydrogen) atoms. The number of aromatic nitrogens is 3. The van der Waals surface area contributed by atoms with Gasteiger partial charge in [0.15, 0.2) is 0 Å². The number of nitrogens with zero attached hydrogens (tertiary/aromatic N) is 4. The van der Waals surface area contributed by atoms with Crippen LogP contribution in [0.5, 0.6) is 11.5 Å². The smallest absolute Gasteiger partial charge is 0.410 e. The lowest BCUT2D eigenvalue weighted by molar-refractivity contribution is 0.0199. The fourth-order valence-electron chi connectivity index (χ4n) is 5.66. The van der Waals surface area contributed by atoms with E-state index >= 15 is 0 Å². The number of rotatable bonds is 4. The maximum Gasteiger partial charge on any atom is 0.410 e. The van der Waals surface area contributed by atoms with Crippen LogP contribution in [0.2, 0.25) is 0 Å². The molecule has 0 radical (unpaired) electrons. The molecule has 2 aromatic heterocycles. The number of fused-ring (bicyclic) bond motifs is 1. The van der Waals surface area contributed by atoms with Gasteiger partial charge in [0.2, 0.25) is 0 Å². The Kier molecular flexibility index (Phi) is 7.96. The standard InChI is InChI=1S/C34H37N5O4/c1-34(2,3)43-33(40)38-18-15-23(16-19-38)9-14-28-29(24-10-12-27(13-11-24)42-26-7-5-4-6-8-26)30-31(35)36-22-37-32(30)39(28)25-17-20-41-21-25/h4-8,10-13,22-23,25H,15-21H2,1-3H3,(H2,35,36,37)/t25-/m1/s1. The Bertz CT molecular complexity index is 1650. The zero-order valence-corrected chi connectivity index (χ0v) is 24.9. The number of amides is 1. The summed E-state index contributed by atoms with van der Waals surface area (Å²) in [4.78, 5) is 23.4. The summed E-state index contributed by atoms with van der Waals surface area (Å²) >= 11 is 0. The number of hydrogen-bond acceptors (Lipinski definition) is 7. The second kappa shape index (κ2) is 12.0. The summed E-state index contributed by atoms with van der Waals surface area (Å²) in [6, 6.07) is 17.7. The van der Waals surface area contributed by atoms with Gasteiger partial charge in [-0.1, -0.05) is 36.3 Å². The predicted octanol–water partition coefficient (Wildman–Crippen LogP) is 6.43. The lowest BCUT2D eigenvalue weighted by atomic mass is 9.96. The van der Waals surface area contributed by atoms with Crippen LogP contribution in [-0.2, 0) is 9.47 Å². The number of nitrogens with two attached hydrogens (primary N) is 1. The molecule has 9 nitrogen and oxygen atoms in total. The van der Waals surface area contributed by atoms with Gasteiger partial charge in [-0.05, 0) is 75.8 Å². The average Bonchev–Trinajstić information content (AvgIpc) is 3.63. The SMILES string of the molecule is CC(C)(C)OC(=O)N1CCC(C#Cc2c(-c3ccc(Oc4ccccc4)cc3)c3c(N)ncnc3n2[C@@H]2CCOC2)CC1. The second-order valence-electron chi connectivity index (χ2n) is 12.0. The van der Waals surface area contributed by atoms with Gasteiger partial charge in [0, 0.05) is 31.2 Å². The van der Waals surface area contributed by atoms with E-state index in [0.717, 1.165) is 58.6 Å². The molecule has 2 saturated heterocycles. The molecule has 0 bridgehead atoms. The molecule has 1 atom stereocenters. The molecule has 4 aromatic rings. The van der Waals surface area contributed by atoms with E-state index in [1.54, 1.807) is 4.90 Å². The summed E-state index contributed by atoms with van der Waals surface area (Å²) in [6.45, 7) is 8.15. The molecular formula is C34H37N5O4. The second-order valence-corrected chi connectivity index (χ2v) is 12.0. The molecule has 2 N–H and O–H groups in total. The average molecular weight is 580 g/mol. The number of ether oxygens (including phenoxy) is 3. The third-order valence-electron chi connectivity index (χ3n) is 7.75. The van der Waals surface area contributed by atoms with Crippen molar-refractivity contribution in [2.45, 2.75) is 51.7 Å². The quantitative estimate of drug-likeness (QED) is 0.278. The molecule has 222 valence electrons. The van der Waals surface area contributed by atoms with Crippen molar-refractivity contribution in [2.24, 2.45) is 5.92 Å². The Balaban J connectivity index is 1.35. The molecule has 1 amide bonds. The molecule has 9 heteroatoms. The van der Waals surface area contributed by atoms with Gasteiger partial charge in [-0.15, -0.1) is 0 Å². The topological polar surface area (TPSA) is 105 Å². The van der Waals surface area contributed by atoms with E-state index in [4.69, 9.17) is 19.9 Å². The first-order valence-corrected chi connectivity index (χ1v) is 14.8. The molecular weight excluding hydrogens is 542 g/mol. The van der Waals surface area contributed by atoms with Gasteiger partial charge >= 0.3 is 6.09 Å². The van der Waals surface area contributed by atoms with Gasteiger partial charge < -0.3 is 29.4 Å². The molecule has 0 unspecified atom stereocenters. The minimum atomic E-state index is -0.516. The van der Waals surface area contributed by atoms with E-state index in [1.807, 2.05) is 75.4 Å². The van der Waals surface area contributed by atoms with E-state index in [9.17, 15) is 4.79 Å².